The summed E-state index contributed by atoms with van der Waals surface area (Å²) < 4.78 is 9.99. The summed E-state index contributed by atoms with van der Waals surface area (Å²) in [7, 11) is 1.65. The number of hydrogen-bond donors (Lipinski definition) is 2. The van der Waals surface area contributed by atoms with Crippen molar-refractivity contribution in [1.82, 2.24) is 10.5 Å². The van der Waals surface area contributed by atoms with E-state index in [9.17, 15) is 4.79 Å². The van der Waals surface area contributed by atoms with Gasteiger partial charge in [-0.05, 0) is 5.92 Å². The topological polar surface area (TPSA) is 84.6 Å². The van der Waals surface area contributed by atoms with Crippen LogP contribution < -0.4 is 5.32 Å². The van der Waals surface area contributed by atoms with E-state index in [1.54, 1.807) is 7.11 Å². The van der Waals surface area contributed by atoms with Crippen LogP contribution >= 0.6 is 0 Å². The third-order valence-corrected chi connectivity index (χ3v) is 2.47. The molecule has 0 spiro atoms. The minimum absolute atomic E-state index is 0.0744. The molecule has 0 fully saturated rings. The number of ether oxygens (including phenoxy) is 1. The third-order valence-electron chi connectivity index (χ3n) is 2.47. The fourth-order valence-electron chi connectivity index (χ4n) is 1.40. The number of rotatable bonds is 7. The normalized spacial score (nSPS) is 12.9. The van der Waals surface area contributed by atoms with Gasteiger partial charge in [0.2, 0.25) is 0 Å². The number of nitrogens with zero attached hydrogens (tertiary/aromatic N) is 1. The number of methoxy groups -OCH3 is 1. The summed E-state index contributed by atoms with van der Waals surface area (Å²) in [6, 6.07) is 1.61. The van der Waals surface area contributed by atoms with Crippen molar-refractivity contribution in [3.8, 4) is 0 Å². The van der Waals surface area contributed by atoms with E-state index < -0.39 is 5.97 Å². The first-order chi connectivity index (χ1) is 8.04. The summed E-state index contributed by atoms with van der Waals surface area (Å²) in [6.45, 7) is 5.20. The van der Waals surface area contributed by atoms with Crippen LogP contribution in [0.3, 0.4) is 0 Å². The summed E-state index contributed by atoms with van der Waals surface area (Å²) in [6.07, 6.45) is 0. The number of carbonyl (C=O) groups is 1. The Kier molecular flexibility index (Phi) is 5.11. The second-order valence-corrected chi connectivity index (χ2v) is 4.17. The summed E-state index contributed by atoms with van der Waals surface area (Å²) in [5, 5.41) is 15.4. The second-order valence-electron chi connectivity index (χ2n) is 4.17. The molecular formula is C11H18N2O4. The summed E-state index contributed by atoms with van der Waals surface area (Å²) in [5.74, 6) is -0.168. The fourth-order valence-corrected chi connectivity index (χ4v) is 1.40. The number of aromatic carboxylic acids is 1. The summed E-state index contributed by atoms with van der Waals surface area (Å²) in [4.78, 5) is 10.6. The van der Waals surface area contributed by atoms with E-state index in [0.717, 1.165) is 0 Å². The van der Waals surface area contributed by atoms with E-state index in [1.807, 2.05) is 0 Å². The molecule has 17 heavy (non-hydrogen) atoms. The maximum Gasteiger partial charge on any atom is 0.358 e. The highest BCUT2D eigenvalue weighted by atomic mass is 16.5. The van der Waals surface area contributed by atoms with Gasteiger partial charge in [-0.2, -0.15) is 0 Å². The molecule has 1 rings (SSSR count). The Hall–Kier alpha value is -1.40. The molecule has 6 heteroatoms. The predicted molar refractivity (Wildman–Crippen MR) is 60.8 cm³/mol. The predicted octanol–water partition coefficient (Wildman–Crippen LogP) is 1.13. The lowest BCUT2D eigenvalue weighted by molar-refractivity contribution is 0.0685. The molecule has 0 amide bonds. The highest BCUT2D eigenvalue weighted by molar-refractivity contribution is 5.85. The minimum atomic E-state index is -1.09. The molecule has 0 aliphatic heterocycles. The maximum absolute atomic E-state index is 10.6. The Balaban J connectivity index is 2.50. The average Bonchev–Trinajstić information content (AvgIpc) is 2.72. The van der Waals surface area contributed by atoms with Gasteiger partial charge >= 0.3 is 5.97 Å². The molecule has 1 aromatic rings. The molecule has 1 heterocycles. The van der Waals surface area contributed by atoms with Crippen LogP contribution in [0.15, 0.2) is 10.6 Å². The molecule has 0 saturated carbocycles. The first-order valence-electron chi connectivity index (χ1n) is 5.45. The first-order valence-corrected chi connectivity index (χ1v) is 5.45. The van der Waals surface area contributed by atoms with Gasteiger partial charge in [0.25, 0.3) is 0 Å². The van der Waals surface area contributed by atoms with Crippen LogP contribution in [0.4, 0.5) is 0 Å². The van der Waals surface area contributed by atoms with Crippen LogP contribution in [-0.2, 0) is 11.3 Å². The van der Waals surface area contributed by atoms with Gasteiger partial charge in [-0.3, -0.25) is 0 Å². The Morgan fingerprint density at radius 2 is 2.35 bits per heavy atom. The summed E-state index contributed by atoms with van der Waals surface area (Å²) >= 11 is 0. The number of hydrogen-bond acceptors (Lipinski definition) is 5. The molecule has 2 N–H and O–H groups in total. The van der Waals surface area contributed by atoms with Crippen LogP contribution in [0.1, 0.15) is 30.1 Å². The highest BCUT2D eigenvalue weighted by Crippen LogP contribution is 2.06. The molecule has 96 valence electrons. The zero-order chi connectivity index (χ0) is 12.8. The maximum atomic E-state index is 10.6. The fraction of sp³-hybridized carbons (Fsp3) is 0.636. The van der Waals surface area contributed by atoms with Gasteiger partial charge < -0.3 is 19.7 Å². The number of aromatic nitrogens is 1. The average molecular weight is 242 g/mol. The van der Waals surface area contributed by atoms with E-state index in [2.05, 4.69) is 24.3 Å². The molecule has 0 aliphatic rings. The second kappa shape index (κ2) is 6.36. The monoisotopic (exact) mass is 242 g/mol. The van der Waals surface area contributed by atoms with Gasteiger partial charge in [-0.15, -0.1) is 0 Å². The molecule has 1 unspecified atom stereocenters. The molecule has 1 aromatic heterocycles. The largest absolute Gasteiger partial charge is 0.476 e. The number of carboxylic acids is 1. The van der Waals surface area contributed by atoms with Crippen LogP contribution in [0.25, 0.3) is 0 Å². The smallest absolute Gasteiger partial charge is 0.358 e. The quantitative estimate of drug-likeness (QED) is 0.745. The van der Waals surface area contributed by atoms with E-state index in [-0.39, 0.29) is 11.7 Å². The number of nitrogens with one attached hydrogen (secondary N) is 1. The highest BCUT2D eigenvalue weighted by Gasteiger charge is 2.15. The molecule has 0 aromatic carbocycles. The molecule has 1 atom stereocenters. The third kappa shape index (κ3) is 4.16. The lowest BCUT2D eigenvalue weighted by Gasteiger charge is -2.20. The molecule has 6 nitrogen and oxygen atoms in total. The Morgan fingerprint density at radius 1 is 1.65 bits per heavy atom. The van der Waals surface area contributed by atoms with Crippen molar-refractivity contribution in [1.29, 1.82) is 0 Å². The minimum Gasteiger partial charge on any atom is -0.476 e. The zero-order valence-electron chi connectivity index (χ0n) is 10.3. The molecular weight excluding hydrogens is 224 g/mol. The van der Waals surface area contributed by atoms with Gasteiger partial charge in [0.05, 0.1) is 13.2 Å². The Morgan fingerprint density at radius 3 is 2.82 bits per heavy atom. The standard InChI is InChI=1S/C11H18N2O4/c1-7(2)10(6-16-3)12-5-8-4-9(11(14)15)13-17-8/h4,7,10,12H,5-6H2,1-3H3,(H,14,15). The Labute approximate surface area is 99.9 Å². The van der Waals surface area contributed by atoms with E-state index >= 15 is 0 Å². The molecule has 0 bridgehead atoms. The van der Waals surface area contributed by atoms with Crippen molar-refractivity contribution in [2.24, 2.45) is 5.92 Å². The first kappa shape index (κ1) is 13.7. The van der Waals surface area contributed by atoms with Crippen molar-refractivity contribution in [2.45, 2.75) is 26.4 Å². The van der Waals surface area contributed by atoms with Gasteiger partial charge in [0.15, 0.2) is 11.5 Å². The van der Waals surface area contributed by atoms with Crippen LogP contribution in [0, 0.1) is 5.92 Å². The lowest BCUT2D eigenvalue weighted by atomic mass is 10.1. The van der Waals surface area contributed by atoms with Crippen molar-refractivity contribution < 1.29 is 19.2 Å². The van der Waals surface area contributed by atoms with E-state index in [4.69, 9.17) is 14.4 Å². The SMILES string of the molecule is COCC(NCc1cc(C(=O)O)no1)C(C)C. The number of carboxylic acid groups (broad SMARTS) is 1. The van der Waals surface area contributed by atoms with Crippen molar-refractivity contribution in [3.05, 3.63) is 17.5 Å². The van der Waals surface area contributed by atoms with Crippen molar-refractivity contribution in [2.75, 3.05) is 13.7 Å². The van der Waals surface area contributed by atoms with E-state index in [1.165, 1.54) is 6.07 Å². The Bertz CT molecular complexity index is 362. The molecule has 0 aliphatic carbocycles. The van der Waals surface area contributed by atoms with Gasteiger partial charge in [-0.25, -0.2) is 4.79 Å². The summed E-state index contributed by atoms with van der Waals surface area (Å²) in [5.41, 5.74) is -0.0744. The van der Waals surface area contributed by atoms with Gasteiger partial charge in [0.1, 0.15) is 0 Å². The van der Waals surface area contributed by atoms with Crippen LogP contribution in [0.5, 0.6) is 0 Å². The van der Waals surface area contributed by atoms with Crippen molar-refractivity contribution in [3.63, 3.8) is 0 Å². The van der Waals surface area contributed by atoms with Crippen LogP contribution in [-0.4, -0.2) is 36.0 Å². The van der Waals surface area contributed by atoms with Crippen molar-refractivity contribution >= 4 is 5.97 Å². The van der Waals surface area contributed by atoms with Gasteiger partial charge in [-0.1, -0.05) is 19.0 Å². The molecule has 0 radical (unpaired) electrons. The zero-order valence-corrected chi connectivity index (χ0v) is 10.3. The van der Waals surface area contributed by atoms with E-state index in [0.29, 0.717) is 24.8 Å². The van der Waals surface area contributed by atoms with Crippen LogP contribution in [0.2, 0.25) is 0 Å². The lowest BCUT2D eigenvalue weighted by Crippen LogP contribution is -2.37. The van der Waals surface area contributed by atoms with Gasteiger partial charge in [0, 0.05) is 19.2 Å². The molecule has 0 saturated heterocycles.